The van der Waals surface area contributed by atoms with E-state index in [2.05, 4.69) is 48.1 Å². The van der Waals surface area contributed by atoms with Crippen molar-refractivity contribution in [1.82, 2.24) is 0 Å². The Morgan fingerprint density at radius 2 is 1.00 bits per heavy atom. The summed E-state index contributed by atoms with van der Waals surface area (Å²) in [5.41, 5.74) is 0. The molecule has 2 atom stereocenters. The molecule has 8 nitrogen and oxygen atoms in total. The summed E-state index contributed by atoms with van der Waals surface area (Å²) in [5.74, 6) is 0. The van der Waals surface area contributed by atoms with Gasteiger partial charge in [-0.05, 0) is 0 Å². The van der Waals surface area contributed by atoms with Crippen molar-refractivity contribution in [1.29, 1.82) is 0 Å². The molecule has 0 aliphatic heterocycles. The van der Waals surface area contributed by atoms with Crippen LogP contribution < -0.4 is 0 Å². The van der Waals surface area contributed by atoms with Crippen molar-refractivity contribution in [3.8, 4) is 0 Å². The highest BCUT2D eigenvalue weighted by molar-refractivity contribution is 7.60. The second kappa shape index (κ2) is 17.8. The lowest BCUT2D eigenvalue weighted by molar-refractivity contribution is 0.271. The molecule has 17 heavy (non-hydrogen) atoms. The largest absolute Gasteiger partial charge is 0.705 e. The number of hydrogen-bond donors (Lipinski definition) is 3. The van der Waals surface area contributed by atoms with Crippen LogP contribution in [0.15, 0.2) is 39.5 Å². The minimum absolute atomic E-state index is 3.00. The molecule has 0 aromatic carbocycles. The van der Waals surface area contributed by atoms with Gasteiger partial charge < -0.3 is 0 Å². The van der Waals surface area contributed by atoms with Gasteiger partial charge >= 0.3 is 24.3 Å². The molecule has 0 spiro atoms. The highest BCUT2D eigenvalue weighted by Crippen LogP contribution is 2.55. The van der Waals surface area contributed by atoms with E-state index in [0.29, 0.717) is 0 Å². The Bertz CT molecular complexity index is 243. The smallest absolute Gasteiger partial charge is 0.297 e. The minimum atomic E-state index is -4.87. The Morgan fingerprint density at radius 1 is 0.824 bits per heavy atom. The van der Waals surface area contributed by atoms with Gasteiger partial charge in [0.2, 0.25) is 0 Å². The van der Waals surface area contributed by atoms with Crippen molar-refractivity contribution in [2.24, 2.45) is 0 Å². The van der Waals surface area contributed by atoms with E-state index in [0.717, 1.165) is 0 Å². The topological polar surface area (TPSA) is 130 Å². The van der Waals surface area contributed by atoms with Crippen LogP contribution >= 0.6 is 24.3 Å². The minimum Gasteiger partial charge on any atom is -0.297 e. The average molecular weight is 308 g/mol. The normalized spacial score (nSPS) is 12.9. The first-order valence-corrected chi connectivity index (χ1v) is 7.13. The highest BCUT2D eigenvalue weighted by Gasteiger charge is 2.43. The highest BCUT2D eigenvalue weighted by atomic mass is 31.3. The van der Waals surface area contributed by atoms with Gasteiger partial charge in [0.15, 0.2) is 0 Å². The zero-order valence-corrected chi connectivity index (χ0v) is 11.7. The van der Waals surface area contributed by atoms with Crippen molar-refractivity contribution in [3.05, 3.63) is 39.5 Å². The van der Waals surface area contributed by atoms with Crippen LogP contribution in [0.3, 0.4) is 0 Å². The van der Waals surface area contributed by atoms with Crippen molar-refractivity contribution in [3.63, 3.8) is 0 Å². The molecule has 100 valence electrons. The van der Waals surface area contributed by atoms with Crippen LogP contribution in [0.25, 0.3) is 0 Å². The third kappa shape index (κ3) is 31.3. The average Bonchev–Trinajstić information content (AvgIpc) is 2.22. The fourth-order valence-electron chi connectivity index (χ4n) is 0.191. The fraction of sp³-hybridized carbons (Fsp3) is 0. The third-order valence-corrected chi connectivity index (χ3v) is 3.11. The standard InChI is InChI=1S/3C2H4.HO8P3/c3*1-2;1-9(2)7-11(5,6)8-10(3)4/h3*1-2H2;(H-2,1,2,3,4,5,6)/p+2. The van der Waals surface area contributed by atoms with Crippen LogP contribution in [0.4, 0.5) is 0 Å². The van der Waals surface area contributed by atoms with E-state index in [4.69, 9.17) is 14.7 Å². The van der Waals surface area contributed by atoms with Crippen LogP contribution in [0.2, 0.25) is 0 Å². The van der Waals surface area contributed by atoms with Gasteiger partial charge in [0, 0.05) is 17.8 Å². The first kappa shape index (κ1) is 25.3. The first-order chi connectivity index (χ1) is 7.83. The number of rotatable bonds is 4. The van der Waals surface area contributed by atoms with Gasteiger partial charge in [-0.3, -0.25) is 4.89 Å². The quantitative estimate of drug-likeness (QED) is 0.533. The molecule has 0 amide bonds. The van der Waals surface area contributed by atoms with Crippen LogP contribution in [0.1, 0.15) is 0 Å². The van der Waals surface area contributed by atoms with Gasteiger partial charge in [-0.1, -0.05) is 0 Å². The summed E-state index contributed by atoms with van der Waals surface area (Å²) in [6, 6.07) is 0. The van der Waals surface area contributed by atoms with Crippen molar-refractivity contribution in [2.45, 2.75) is 0 Å². The van der Waals surface area contributed by atoms with Crippen LogP contribution in [0.5, 0.6) is 0 Å². The Hall–Kier alpha value is -0.550. The van der Waals surface area contributed by atoms with Crippen molar-refractivity contribution in [2.75, 3.05) is 0 Å². The predicted molar refractivity (Wildman–Crippen MR) is 65.4 cm³/mol. The van der Waals surface area contributed by atoms with Gasteiger partial charge in [0.05, 0.1) is 0 Å². The molecule has 0 heterocycles. The van der Waals surface area contributed by atoms with Crippen LogP contribution in [-0.4, -0.2) is 14.7 Å². The molecule has 0 aliphatic carbocycles. The maximum Gasteiger partial charge on any atom is 0.705 e. The SMILES string of the molecule is C=C.C=C.C=C.O=[P+](O)OP(=O)(O)O[P+](=O)O. The maximum absolute atomic E-state index is 10.3. The fourth-order valence-corrected chi connectivity index (χ4v) is 1.99. The molecule has 0 aromatic heterocycles. The molecule has 3 N–H and O–H groups in total. The summed E-state index contributed by atoms with van der Waals surface area (Å²) < 4.78 is 36.4. The van der Waals surface area contributed by atoms with E-state index < -0.39 is 24.3 Å². The molecule has 0 radical (unpaired) electrons. The van der Waals surface area contributed by atoms with Crippen LogP contribution in [0, 0.1) is 0 Å². The van der Waals surface area contributed by atoms with E-state index >= 15 is 0 Å². The van der Waals surface area contributed by atoms with Crippen molar-refractivity contribution < 1.29 is 37.0 Å². The van der Waals surface area contributed by atoms with Gasteiger partial charge in [0.25, 0.3) is 0 Å². The van der Waals surface area contributed by atoms with E-state index in [9.17, 15) is 13.7 Å². The third-order valence-electron chi connectivity index (χ3n) is 0.346. The van der Waals surface area contributed by atoms with Gasteiger partial charge in [0.1, 0.15) is 0 Å². The molecule has 0 saturated carbocycles. The van der Waals surface area contributed by atoms with Crippen LogP contribution in [-0.2, 0) is 22.3 Å². The first-order valence-electron chi connectivity index (χ1n) is 3.38. The molecule has 11 heteroatoms. The van der Waals surface area contributed by atoms with E-state index in [1.165, 1.54) is 0 Å². The maximum atomic E-state index is 10.3. The second-order valence-electron chi connectivity index (χ2n) is 1.11. The molecule has 0 saturated heterocycles. The molecule has 0 rings (SSSR count). The summed E-state index contributed by atoms with van der Waals surface area (Å²) in [5, 5.41) is 0. The zero-order chi connectivity index (χ0) is 15.1. The molecule has 0 aromatic rings. The summed E-state index contributed by atoms with van der Waals surface area (Å²) in [6.07, 6.45) is 0. The second-order valence-corrected chi connectivity index (χ2v) is 4.30. The van der Waals surface area contributed by atoms with Gasteiger partial charge in [-0.15, -0.1) is 49.3 Å². The van der Waals surface area contributed by atoms with Crippen molar-refractivity contribution >= 4 is 24.3 Å². The van der Waals surface area contributed by atoms with Gasteiger partial charge in [-0.25, -0.2) is 4.57 Å². The molecule has 0 aliphatic rings. The summed E-state index contributed by atoms with van der Waals surface area (Å²) in [6.45, 7) is 18.0. The molecule has 0 fully saturated rings. The molecular formula is C6H15O8P3+2. The van der Waals surface area contributed by atoms with E-state index in [-0.39, 0.29) is 0 Å². The Kier molecular flexibility index (Phi) is 26.6. The zero-order valence-electron chi connectivity index (χ0n) is 8.97. The lowest BCUT2D eigenvalue weighted by Crippen LogP contribution is -1.81. The molecule has 2 unspecified atom stereocenters. The number of hydrogen-bond acceptors (Lipinski definition) is 5. The van der Waals surface area contributed by atoms with Gasteiger partial charge in [-0.2, -0.15) is 0 Å². The lowest BCUT2D eigenvalue weighted by atomic mass is 11.3. The summed E-state index contributed by atoms with van der Waals surface area (Å²) >= 11 is 0. The monoisotopic (exact) mass is 308 g/mol. The Balaban J connectivity index is -0.000000121. The molecular weight excluding hydrogens is 293 g/mol. The lowest BCUT2D eigenvalue weighted by Gasteiger charge is -1.88. The Labute approximate surface area is 101 Å². The molecule has 0 bridgehead atoms. The Morgan fingerprint density at radius 3 is 1.12 bits per heavy atom. The number of phosphoric acid groups is 1. The summed E-state index contributed by atoms with van der Waals surface area (Å²) in [4.78, 5) is 24.1. The van der Waals surface area contributed by atoms with E-state index in [1.807, 2.05) is 0 Å². The predicted octanol–water partition coefficient (Wildman–Crippen LogP) is 2.83. The van der Waals surface area contributed by atoms with E-state index in [1.54, 1.807) is 0 Å². The summed E-state index contributed by atoms with van der Waals surface area (Å²) in [7, 11) is -11.6.